The molecule has 0 aliphatic carbocycles. The zero-order valence-electron chi connectivity index (χ0n) is 11.7. The lowest BCUT2D eigenvalue weighted by molar-refractivity contribution is 0.949. The lowest BCUT2D eigenvalue weighted by Crippen LogP contribution is -2.17. The fourth-order valence-corrected chi connectivity index (χ4v) is 2.63. The molecule has 108 valence electrons. The molecule has 0 radical (unpaired) electrons. The predicted molar refractivity (Wildman–Crippen MR) is 91.3 cm³/mol. The molecule has 3 N–H and O–H groups in total. The van der Waals surface area contributed by atoms with Crippen LogP contribution < -0.4 is 16.0 Å². The van der Waals surface area contributed by atoms with Crippen molar-refractivity contribution < 1.29 is 0 Å². The maximum absolute atomic E-state index is 5.54. The minimum absolute atomic E-state index is 0.316. The van der Waals surface area contributed by atoms with Gasteiger partial charge in [-0.05, 0) is 49.2 Å². The van der Waals surface area contributed by atoms with Crippen LogP contribution in [0.4, 0.5) is 17.1 Å². The maximum atomic E-state index is 5.54. The highest BCUT2D eigenvalue weighted by atomic mass is 32.1. The smallest absolute Gasteiger partial charge is 0.122 e. The maximum Gasteiger partial charge on any atom is 0.122 e. The van der Waals surface area contributed by atoms with Crippen LogP contribution in [0.15, 0.2) is 42.6 Å². The SMILES string of the molecule is NC(=S)c1ccc(Nc2ccc(N3CCCC3)cc2)cn1. The standard InChI is InChI=1S/C16H18N4S/c17-16(21)15-8-5-13(11-18-15)19-12-3-6-14(7-4-12)20-9-1-2-10-20/h3-8,11,19H,1-2,9-10H2,(H2,17,21). The van der Waals surface area contributed by atoms with Gasteiger partial charge in [0.1, 0.15) is 4.99 Å². The molecule has 1 aliphatic heterocycles. The summed E-state index contributed by atoms with van der Waals surface area (Å²) in [6.45, 7) is 2.33. The molecule has 2 aromatic rings. The first kappa shape index (κ1) is 13.8. The first-order valence-corrected chi connectivity index (χ1v) is 7.51. The van der Waals surface area contributed by atoms with Crippen molar-refractivity contribution in [2.24, 2.45) is 5.73 Å². The van der Waals surface area contributed by atoms with Gasteiger partial charge in [0.2, 0.25) is 0 Å². The highest BCUT2D eigenvalue weighted by Gasteiger charge is 2.11. The Morgan fingerprint density at radius 2 is 1.71 bits per heavy atom. The van der Waals surface area contributed by atoms with Gasteiger partial charge in [0.25, 0.3) is 0 Å². The van der Waals surface area contributed by atoms with E-state index in [2.05, 4.69) is 39.5 Å². The second-order valence-corrected chi connectivity index (χ2v) is 5.60. The lowest BCUT2D eigenvalue weighted by atomic mass is 10.2. The summed E-state index contributed by atoms with van der Waals surface area (Å²) in [5.41, 5.74) is 9.43. The van der Waals surface area contributed by atoms with Gasteiger partial charge in [-0.25, -0.2) is 0 Å². The third-order valence-corrected chi connectivity index (χ3v) is 3.85. The summed E-state index contributed by atoms with van der Waals surface area (Å²) in [5.74, 6) is 0. The number of hydrogen-bond acceptors (Lipinski definition) is 4. The van der Waals surface area contributed by atoms with Crippen LogP contribution in [0.25, 0.3) is 0 Å². The van der Waals surface area contributed by atoms with Gasteiger partial charge in [0, 0.05) is 24.5 Å². The zero-order valence-corrected chi connectivity index (χ0v) is 12.6. The number of nitrogens with two attached hydrogens (primary N) is 1. The van der Waals surface area contributed by atoms with Crippen molar-refractivity contribution in [1.29, 1.82) is 0 Å². The number of hydrogen-bond donors (Lipinski definition) is 2. The Bertz CT molecular complexity index is 616. The number of rotatable bonds is 4. The van der Waals surface area contributed by atoms with Crippen molar-refractivity contribution >= 4 is 34.3 Å². The minimum Gasteiger partial charge on any atom is -0.388 e. The van der Waals surface area contributed by atoms with Gasteiger partial charge < -0.3 is 16.0 Å². The van der Waals surface area contributed by atoms with Crippen LogP contribution in [-0.2, 0) is 0 Å². The number of pyridine rings is 1. The highest BCUT2D eigenvalue weighted by molar-refractivity contribution is 7.80. The van der Waals surface area contributed by atoms with Crippen LogP contribution in [0.2, 0.25) is 0 Å². The average Bonchev–Trinajstić information content (AvgIpc) is 3.03. The molecule has 21 heavy (non-hydrogen) atoms. The molecule has 0 spiro atoms. The molecule has 1 fully saturated rings. The molecule has 0 saturated carbocycles. The molecule has 2 heterocycles. The lowest BCUT2D eigenvalue weighted by Gasteiger charge is -2.18. The average molecular weight is 298 g/mol. The van der Waals surface area contributed by atoms with Crippen molar-refractivity contribution in [3.63, 3.8) is 0 Å². The van der Waals surface area contributed by atoms with Crippen molar-refractivity contribution in [3.05, 3.63) is 48.3 Å². The van der Waals surface area contributed by atoms with E-state index in [0.717, 1.165) is 24.5 Å². The zero-order chi connectivity index (χ0) is 14.7. The topological polar surface area (TPSA) is 54.2 Å². The Morgan fingerprint density at radius 3 is 2.29 bits per heavy atom. The van der Waals surface area contributed by atoms with Crippen LogP contribution >= 0.6 is 12.2 Å². The Kier molecular flexibility index (Phi) is 4.01. The number of benzene rings is 1. The first-order valence-electron chi connectivity index (χ1n) is 7.10. The summed E-state index contributed by atoms with van der Waals surface area (Å²) >= 11 is 4.89. The molecule has 0 unspecified atom stereocenters. The Labute approximate surface area is 130 Å². The first-order chi connectivity index (χ1) is 10.2. The van der Waals surface area contributed by atoms with Crippen molar-refractivity contribution in [2.75, 3.05) is 23.3 Å². The largest absolute Gasteiger partial charge is 0.388 e. The molecule has 0 atom stereocenters. The molecule has 4 nitrogen and oxygen atoms in total. The third-order valence-electron chi connectivity index (χ3n) is 3.64. The monoisotopic (exact) mass is 298 g/mol. The molecule has 5 heteroatoms. The van der Waals surface area contributed by atoms with Gasteiger partial charge in [-0.2, -0.15) is 0 Å². The number of aromatic nitrogens is 1. The van der Waals surface area contributed by atoms with E-state index in [1.165, 1.54) is 18.5 Å². The quantitative estimate of drug-likeness (QED) is 0.850. The molecule has 3 rings (SSSR count). The van der Waals surface area contributed by atoms with E-state index in [-0.39, 0.29) is 0 Å². The summed E-state index contributed by atoms with van der Waals surface area (Å²) in [6, 6.07) is 12.2. The number of nitrogens with one attached hydrogen (secondary N) is 1. The van der Waals surface area contributed by atoms with E-state index in [0.29, 0.717) is 10.7 Å². The normalized spacial score (nSPS) is 14.2. The van der Waals surface area contributed by atoms with E-state index in [4.69, 9.17) is 18.0 Å². The van der Waals surface area contributed by atoms with E-state index in [1.54, 1.807) is 6.20 Å². The summed E-state index contributed by atoms with van der Waals surface area (Å²) < 4.78 is 0. The molecule has 1 aliphatic rings. The van der Waals surface area contributed by atoms with Crippen LogP contribution in [-0.4, -0.2) is 23.1 Å². The fourth-order valence-electron chi connectivity index (χ4n) is 2.51. The number of anilines is 3. The van der Waals surface area contributed by atoms with Gasteiger partial charge in [-0.1, -0.05) is 12.2 Å². The van der Waals surface area contributed by atoms with E-state index < -0.39 is 0 Å². The fraction of sp³-hybridized carbons (Fsp3) is 0.250. The Hall–Kier alpha value is -2.14. The molecule has 1 aromatic carbocycles. The second kappa shape index (κ2) is 6.10. The summed E-state index contributed by atoms with van der Waals surface area (Å²) in [5, 5.41) is 3.32. The second-order valence-electron chi connectivity index (χ2n) is 5.16. The van der Waals surface area contributed by atoms with E-state index in [9.17, 15) is 0 Å². The molecule has 1 saturated heterocycles. The van der Waals surface area contributed by atoms with Crippen LogP contribution in [0, 0.1) is 0 Å². The molecule has 0 amide bonds. The van der Waals surface area contributed by atoms with Crippen molar-refractivity contribution in [1.82, 2.24) is 4.98 Å². The third kappa shape index (κ3) is 3.31. The van der Waals surface area contributed by atoms with Gasteiger partial charge in [0.15, 0.2) is 0 Å². The van der Waals surface area contributed by atoms with Crippen molar-refractivity contribution in [3.8, 4) is 0 Å². The van der Waals surface area contributed by atoms with E-state index in [1.807, 2.05) is 12.1 Å². The van der Waals surface area contributed by atoms with E-state index >= 15 is 0 Å². The number of thiocarbonyl (C=S) groups is 1. The Morgan fingerprint density at radius 1 is 1.05 bits per heavy atom. The summed E-state index contributed by atoms with van der Waals surface area (Å²) in [6.07, 6.45) is 4.32. The molecular weight excluding hydrogens is 280 g/mol. The molecular formula is C16H18N4S. The van der Waals surface area contributed by atoms with Crippen molar-refractivity contribution in [2.45, 2.75) is 12.8 Å². The van der Waals surface area contributed by atoms with Crippen LogP contribution in [0.1, 0.15) is 18.5 Å². The molecule has 1 aromatic heterocycles. The van der Waals surface area contributed by atoms with Crippen LogP contribution in [0.5, 0.6) is 0 Å². The predicted octanol–water partition coefficient (Wildman–Crippen LogP) is 3.06. The summed E-state index contributed by atoms with van der Waals surface area (Å²) in [4.78, 5) is 6.95. The molecule has 0 bridgehead atoms. The van der Waals surface area contributed by atoms with Gasteiger partial charge >= 0.3 is 0 Å². The van der Waals surface area contributed by atoms with Gasteiger partial charge in [-0.3, -0.25) is 4.98 Å². The van der Waals surface area contributed by atoms with Gasteiger partial charge in [0.05, 0.1) is 17.6 Å². The summed E-state index contributed by atoms with van der Waals surface area (Å²) in [7, 11) is 0. The van der Waals surface area contributed by atoms with Crippen LogP contribution in [0.3, 0.4) is 0 Å². The highest BCUT2D eigenvalue weighted by Crippen LogP contribution is 2.23. The van der Waals surface area contributed by atoms with Gasteiger partial charge in [-0.15, -0.1) is 0 Å². The minimum atomic E-state index is 0.316. The Balaban J connectivity index is 1.68. The number of nitrogens with zero attached hydrogens (tertiary/aromatic N) is 2.